The zero-order chi connectivity index (χ0) is 25.0. The maximum Gasteiger partial charge on any atom is 0.303 e. The largest absolute Gasteiger partial charge is 0.481 e. The van der Waals surface area contributed by atoms with Gasteiger partial charge >= 0.3 is 11.9 Å². The second kappa shape index (κ2) is 28.4. The molecule has 0 aliphatic carbocycles. The molecule has 7 heteroatoms. The predicted molar refractivity (Wildman–Crippen MR) is 135 cm³/mol. The minimum atomic E-state index is -0.686. The number of nitrogens with one attached hydrogen (secondary N) is 1. The third-order valence-corrected chi connectivity index (χ3v) is 5.54. The molecule has 0 aromatic rings. The SMILES string of the molecule is CC(=O)NCCCCCCCCCCCC(=O)O.NCCCCCCCCCCCC(=O)O. The van der Waals surface area contributed by atoms with Gasteiger partial charge in [0.05, 0.1) is 0 Å². The van der Waals surface area contributed by atoms with Crippen LogP contribution in [0.15, 0.2) is 0 Å². The summed E-state index contributed by atoms with van der Waals surface area (Å²) in [5.41, 5.74) is 5.40. The molecular weight excluding hydrogens is 420 g/mol. The molecule has 7 nitrogen and oxygen atoms in total. The van der Waals surface area contributed by atoms with Crippen molar-refractivity contribution in [2.24, 2.45) is 5.73 Å². The Labute approximate surface area is 202 Å². The smallest absolute Gasteiger partial charge is 0.303 e. The zero-order valence-electron chi connectivity index (χ0n) is 21.3. The molecule has 0 unspecified atom stereocenters. The van der Waals surface area contributed by atoms with Gasteiger partial charge in [-0.3, -0.25) is 14.4 Å². The van der Waals surface area contributed by atoms with Crippen molar-refractivity contribution in [2.45, 2.75) is 135 Å². The van der Waals surface area contributed by atoms with Crippen LogP contribution in [0.4, 0.5) is 0 Å². The number of nitrogens with two attached hydrogens (primary N) is 1. The van der Waals surface area contributed by atoms with Crippen LogP contribution in [0.25, 0.3) is 0 Å². The van der Waals surface area contributed by atoms with Gasteiger partial charge in [-0.2, -0.15) is 0 Å². The number of carbonyl (C=O) groups excluding carboxylic acids is 1. The lowest BCUT2D eigenvalue weighted by molar-refractivity contribution is -0.138. The molecular formula is C26H52N2O5. The van der Waals surface area contributed by atoms with E-state index in [1.807, 2.05) is 0 Å². The average Bonchev–Trinajstić information content (AvgIpc) is 2.75. The lowest BCUT2D eigenvalue weighted by Gasteiger charge is -2.03. The standard InChI is InChI=1S/C14H27NO3.C12H25NO2/c1-13(16)15-12-10-8-6-4-2-3-5-7-9-11-14(17)18;13-11-9-7-5-3-1-2-4-6-8-10-12(14)15/h2-12H2,1H3,(H,15,16)(H,17,18);1-11,13H2,(H,14,15). The van der Waals surface area contributed by atoms with Crippen LogP contribution in [0.5, 0.6) is 0 Å². The van der Waals surface area contributed by atoms with Gasteiger partial charge in [-0.05, 0) is 32.2 Å². The number of hydrogen-bond acceptors (Lipinski definition) is 4. The van der Waals surface area contributed by atoms with E-state index in [-0.39, 0.29) is 5.91 Å². The quantitative estimate of drug-likeness (QED) is 0.134. The van der Waals surface area contributed by atoms with Gasteiger partial charge in [0.25, 0.3) is 0 Å². The first-order valence-corrected chi connectivity index (χ1v) is 13.3. The Kier molecular flexibility index (Phi) is 28.9. The van der Waals surface area contributed by atoms with E-state index < -0.39 is 11.9 Å². The molecule has 5 N–H and O–H groups in total. The van der Waals surface area contributed by atoms with Crippen molar-refractivity contribution >= 4 is 17.8 Å². The Morgan fingerprint density at radius 2 is 0.848 bits per heavy atom. The van der Waals surface area contributed by atoms with Crippen LogP contribution < -0.4 is 11.1 Å². The summed E-state index contributed by atoms with van der Waals surface area (Å²) in [6.45, 7) is 3.16. The van der Waals surface area contributed by atoms with Crippen LogP contribution in [0, 0.1) is 0 Å². The summed E-state index contributed by atoms with van der Waals surface area (Å²) in [5, 5.41) is 19.7. The third-order valence-electron chi connectivity index (χ3n) is 5.54. The van der Waals surface area contributed by atoms with Crippen LogP contribution in [0.2, 0.25) is 0 Å². The number of carboxylic acids is 2. The normalized spacial score (nSPS) is 10.4. The highest BCUT2D eigenvalue weighted by atomic mass is 16.4. The summed E-state index contributed by atoms with van der Waals surface area (Å²) in [7, 11) is 0. The Bertz CT molecular complexity index is 434. The fourth-order valence-electron chi connectivity index (χ4n) is 3.56. The monoisotopic (exact) mass is 472 g/mol. The lowest BCUT2D eigenvalue weighted by Crippen LogP contribution is -2.20. The fraction of sp³-hybridized carbons (Fsp3) is 0.885. The maximum absolute atomic E-state index is 10.6. The molecule has 0 saturated heterocycles. The summed E-state index contributed by atoms with van der Waals surface area (Å²) in [6.07, 6.45) is 21.5. The molecule has 0 heterocycles. The Morgan fingerprint density at radius 1 is 0.545 bits per heavy atom. The molecule has 0 atom stereocenters. The van der Waals surface area contributed by atoms with E-state index in [1.54, 1.807) is 6.92 Å². The molecule has 0 bridgehead atoms. The Hall–Kier alpha value is -1.63. The molecule has 0 fully saturated rings. The first kappa shape index (κ1) is 33.5. The summed E-state index contributed by atoms with van der Waals surface area (Å²) in [6, 6.07) is 0. The summed E-state index contributed by atoms with van der Waals surface area (Å²) in [4.78, 5) is 31.1. The van der Waals surface area contributed by atoms with Crippen LogP contribution in [0.3, 0.4) is 0 Å². The zero-order valence-corrected chi connectivity index (χ0v) is 21.3. The van der Waals surface area contributed by atoms with E-state index in [0.29, 0.717) is 12.8 Å². The topological polar surface area (TPSA) is 130 Å². The first-order valence-electron chi connectivity index (χ1n) is 13.3. The molecule has 0 aliphatic heterocycles. The molecule has 0 aromatic heterocycles. The van der Waals surface area contributed by atoms with Gasteiger partial charge in [-0.25, -0.2) is 0 Å². The number of amides is 1. The van der Waals surface area contributed by atoms with Crippen molar-refractivity contribution in [1.29, 1.82) is 0 Å². The first-order chi connectivity index (χ1) is 15.9. The number of unbranched alkanes of at least 4 members (excludes halogenated alkanes) is 16. The molecule has 33 heavy (non-hydrogen) atoms. The minimum absolute atomic E-state index is 0.0522. The molecule has 196 valence electrons. The van der Waals surface area contributed by atoms with E-state index in [0.717, 1.165) is 58.0 Å². The van der Waals surface area contributed by atoms with Gasteiger partial charge in [0.2, 0.25) is 5.91 Å². The summed E-state index contributed by atoms with van der Waals surface area (Å²) in [5.74, 6) is -1.30. The summed E-state index contributed by atoms with van der Waals surface area (Å²) >= 11 is 0. The molecule has 0 radical (unpaired) electrons. The highest BCUT2D eigenvalue weighted by Crippen LogP contribution is 2.11. The van der Waals surface area contributed by atoms with E-state index in [1.165, 1.54) is 70.6 Å². The van der Waals surface area contributed by atoms with E-state index in [4.69, 9.17) is 15.9 Å². The Morgan fingerprint density at radius 3 is 1.15 bits per heavy atom. The molecule has 0 rings (SSSR count). The van der Waals surface area contributed by atoms with Crippen LogP contribution in [-0.2, 0) is 14.4 Å². The summed E-state index contributed by atoms with van der Waals surface area (Å²) < 4.78 is 0. The number of carbonyl (C=O) groups is 3. The fourth-order valence-corrected chi connectivity index (χ4v) is 3.56. The van der Waals surface area contributed by atoms with Gasteiger partial charge in [-0.1, -0.05) is 89.9 Å². The highest BCUT2D eigenvalue weighted by Gasteiger charge is 1.98. The molecule has 0 saturated carbocycles. The number of carboxylic acid groups (broad SMARTS) is 2. The number of rotatable bonds is 23. The van der Waals surface area contributed by atoms with E-state index in [2.05, 4.69) is 5.32 Å². The third kappa shape index (κ3) is 38.0. The molecule has 0 aromatic carbocycles. The van der Waals surface area contributed by atoms with Crippen molar-refractivity contribution in [2.75, 3.05) is 13.1 Å². The van der Waals surface area contributed by atoms with Crippen molar-refractivity contribution in [1.82, 2.24) is 5.32 Å². The van der Waals surface area contributed by atoms with Crippen molar-refractivity contribution in [3.63, 3.8) is 0 Å². The molecule has 0 spiro atoms. The van der Waals surface area contributed by atoms with Gasteiger partial charge in [0.1, 0.15) is 0 Å². The van der Waals surface area contributed by atoms with Gasteiger partial charge in [0.15, 0.2) is 0 Å². The Balaban J connectivity index is 0. The van der Waals surface area contributed by atoms with Crippen LogP contribution in [-0.4, -0.2) is 41.1 Å². The van der Waals surface area contributed by atoms with Crippen LogP contribution >= 0.6 is 0 Å². The van der Waals surface area contributed by atoms with E-state index in [9.17, 15) is 14.4 Å². The second-order valence-electron chi connectivity index (χ2n) is 8.92. The predicted octanol–water partition coefficient (Wildman–Crippen LogP) is 6.04. The van der Waals surface area contributed by atoms with Crippen molar-refractivity contribution in [3.05, 3.63) is 0 Å². The number of hydrogen-bond donors (Lipinski definition) is 4. The highest BCUT2D eigenvalue weighted by molar-refractivity contribution is 5.72. The minimum Gasteiger partial charge on any atom is -0.481 e. The van der Waals surface area contributed by atoms with Gasteiger partial charge in [0, 0.05) is 26.3 Å². The number of aliphatic carboxylic acids is 2. The molecule has 1 amide bonds. The van der Waals surface area contributed by atoms with Crippen molar-refractivity contribution < 1.29 is 24.6 Å². The average molecular weight is 473 g/mol. The maximum atomic E-state index is 10.6. The van der Waals surface area contributed by atoms with Crippen LogP contribution in [0.1, 0.15) is 135 Å². The van der Waals surface area contributed by atoms with Gasteiger partial charge in [-0.15, -0.1) is 0 Å². The molecule has 0 aliphatic rings. The lowest BCUT2D eigenvalue weighted by atomic mass is 10.1. The second-order valence-corrected chi connectivity index (χ2v) is 8.92. The van der Waals surface area contributed by atoms with Crippen molar-refractivity contribution in [3.8, 4) is 0 Å². The van der Waals surface area contributed by atoms with E-state index >= 15 is 0 Å². The van der Waals surface area contributed by atoms with Gasteiger partial charge < -0.3 is 21.3 Å².